The van der Waals surface area contributed by atoms with E-state index in [0.29, 0.717) is 5.92 Å². The van der Waals surface area contributed by atoms with Crippen molar-refractivity contribution in [3.63, 3.8) is 0 Å². The van der Waals surface area contributed by atoms with Gasteiger partial charge in [-0.05, 0) is 107 Å². The van der Waals surface area contributed by atoms with Gasteiger partial charge in [0, 0.05) is 5.92 Å². The molecule has 0 saturated heterocycles. The Morgan fingerprint density at radius 3 is 1.86 bits per heavy atom. The van der Waals surface area contributed by atoms with Gasteiger partial charge in [0.1, 0.15) is 0 Å². The first-order valence-electron chi connectivity index (χ1n) is 17.4. The van der Waals surface area contributed by atoms with Crippen LogP contribution in [0.15, 0.2) is 169 Å². The van der Waals surface area contributed by atoms with Crippen LogP contribution in [0.25, 0.3) is 72.7 Å². The van der Waals surface area contributed by atoms with Gasteiger partial charge in [0.15, 0.2) is 0 Å². The van der Waals surface area contributed by atoms with Crippen LogP contribution in [0.5, 0.6) is 0 Å². The van der Waals surface area contributed by atoms with Crippen molar-refractivity contribution in [1.29, 1.82) is 0 Å². The number of hydrogen-bond acceptors (Lipinski definition) is 0. The minimum Gasteiger partial charge on any atom is -0.0795 e. The van der Waals surface area contributed by atoms with E-state index in [9.17, 15) is 0 Å². The van der Waals surface area contributed by atoms with Crippen LogP contribution in [0.3, 0.4) is 0 Å². The summed E-state index contributed by atoms with van der Waals surface area (Å²) in [6.45, 7) is 0. The molecule has 0 heterocycles. The van der Waals surface area contributed by atoms with Crippen LogP contribution < -0.4 is 0 Å². The van der Waals surface area contributed by atoms with E-state index in [1.54, 1.807) is 0 Å². The molecule has 1 atom stereocenters. The van der Waals surface area contributed by atoms with Crippen molar-refractivity contribution in [3.8, 4) is 33.4 Å². The molecule has 0 bridgehead atoms. The maximum absolute atomic E-state index is 2.35. The quantitative estimate of drug-likeness (QED) is 0.184. The third-order valence-electron chi connectivity index (χ3n) is 11.0. The fourth-order valence-electron chi connectivity index (χ4n) is 8.43. The van der Waals surface area contributed by atoms with Crippen LogP contribution >= 0.6 is 0 Å². The Balaban J connectivity index is 0.923. The van der Waals surface area contributed by atoms with Gasteiger partial charge in [0.25, 0.3) is 0 Å². The van der Waals surface area contributed by atoms with Crippen LogP contribution in [-0.4, -0.2) is 0 Å². The van der Waals surface area contributed by atoms with Crippen molar-refractivity contribution < 1.29 is 0 Å². The number of fused-ring (bicyclic) bond motifs is 10. The van der Waals surface area contributed by atoms with Crippen LogP contribution in [-0.2, 0) is 6.42 Å². The number of hydrogen-bond donors (Lipinski definition) is 0. The molecule has 0 radical (unpaired) electrons. The molecule has 0 fully saturated rings. The van der Waals surface area contributed by atoms with E-state index in [4.69, 9.17) is 0 Å². The molecule has 1 unspecified atom stereocenters. The molecule has 7 aromatic rings. The summed E-state index contributed by atoms with van der Waals surface area (Å²) in [4.78, 5) is 0. The molecule has 0 amide bonds. The first-order chi connectivity index (χ1) is 24.3. The van der Waals surface area contributed by atoms with E-state index >= 15 is 0 Å². The molecule has 0 spiro atoms. The van der Waals surface area contributed by atoms with E-state index in [1.165, 1.54) is 93.9 Å². The van der Waals surface area contributed by atoms with Crippen molar-refractivity contribution in [2.24, 2.45) is 0 Å². The highest BCUT2D eigenvalue weighted by Crippen LogP contribution is 2.45. The Morgan fingerprint density at radius 2 is 1.08 bits per heavy atom. The molecule has 3 aliphatic rings. The first-order valence-corrected chi connectivity index (χ1v) is 17.4. The zero-order valence-corrected chi connectivity index (χ0v) is 27.2. The normalized spacial score (nSPS) is 15.9. The predicted molar refractivity (Wildman–Crippen MR) is 209 cm³/mol. The third-order valence-corrected chi connectivity index (χ3v) is 11.0. The molecule has 10 rings (SSSR count). The van der Waals surface area contributed by atoms with Gasteiger partial charge < -0.3 is 0 Å². The lowest BCUT2D eigenvalue weighted by molar-refractivity contribution is 0.825. The largest absolute Gasteiger partial charge is 0.0795 e. The van der Waals surface area contributed by atoms with Gasteiger partial charge in [-0.3, -0.25) is 0 Å². The van der Waals surface area contributed by atoms with E-state index < -0.39 is 0 Å². The summed E-state index contributed by atoms with van der Waals surface area (Å²) in [5.41, 5.74) is 17.4. The first kappa shape index (κ1) is 28.1. The van der Waals surface area contributed by atoms with E-state index in [0.717, 1.165) is 12.8 Å². The molecule has 7 aromatic carbocycles. The molecule has 0 aliphatic heterocycles. The van der Waals surface area contributed by atoms with Crippen molar-refractivity contribution in [3.05, 3.63) is 197 Å². The molecule has 230 valence electrons. The summed E-state index contributed by atoms with van der Waals surface area (Å²) in [5.74, 6) is 0.396. The van der Waals surface area contributed by atoms with Crippen LogP contribution in [0.2, 0.25) is 0 Å². The van der Waals surface area contributed by atoms with Crippen molar-refractivity contribution in [1.82, 2.24) is 0 Å². The Bertz CT molecular complexity index is 2570. The van der Waals surface area contributed by atoms with Gasteiger partial charge in [-0.15, -0.1) is 0 Å². The smallest absolute Gasteiger partial charge is 0.0136 e. The highest BCUT2D eigenvalue weighted by Gasteiger charge is 2.26. The van der Waals surface area contributed by atoms with Gasteiger partial charge in [-0.2, -0.15) is 0 Å². The van der Waals surface area contributed by atoms with Gasteiger partial charge in [-0.1, -0.05) is 176 Å². The lowest BCUT2D eigenvalue weighted by Gasteiger charge is -2.29. The average molecular weight is 623 g/mol. The topological polar surface area (TPSA) is 0 Å². The number of benzene rings is 7. The van der Waals surface area contributed by atoms with Gasteiger partial charge in [-0.25, -0.2) is 0 Å². The molecule has 0 saturated carbocycles. The highest BCUT2D eigenvalue weighted by molar-refractivity contribution is 5.99. The minimum atomic E-state index is 0.396. The standard InChI is InChI=1S/C49H34/c1-3-9-40-35(7-1)25-29-47-44(40)13-6-12-43-42(11-5-14-45(43)47)37-21-19-33(20-22-37)32-15-17-34(18-16-32)39-24-23-38-27-28-46-41-10-4-2-8-36(41)26-30-48(46)49(38)31-39/h1-11,13-30,49H,12,31H2. The number of rotatable bonds is 3. The van der Waals surface area contributed by atoms with Gasteiger partial charge in [0.2, 0.25) is 0 Å². The Kier molecular flexibility index (Phi) is 6.49. The van der Waals surface area contributed by atoms with Crippen molar-refractivity contribution in [2.45, 2.75) is 18.8 Å². The van der Waals surface area contributed by atoms with E-state index in [2.05, 4.69) is 176 Å². The summed E-state index contributed by atoms with van der Waals surface area (Å²) in [7, 11) is 0. The monoisotopic (exact) mass is 622 g/mol. The Labute approximate surface area is 287 Å². The van der Waals surface area contributed by atoms with Crippen LogP contribution in [0.1, 0.15) is 40.2 Å². The summed E-state index contributed by atoms with van der Waals surface area (Å²) in [6, 6.07) is 51.8. The number of allylic oxidation sites excluding steroid dienone is 6. The fourth-order valence-corrected chi connectivity index (χ4v) is 8.43. The second kappa shape index (κ2) is 11.3. The molecule has 49 heavy (non-hydrogen) atoms. The second-order valence-corrected chi connectivity index (χ2v) is 13.6. The zero-order chi connectivity index (χ0) is 32.3. The van der Waals surface area contributed by atoms with Gasteiger partial charge >= 0.3 is 0 Å². The zero-order valence-electron chi connectivity index (χ0n) is 27.2. The maximum atomic E-state index is 2.35. The molecular formula is C49H34. The predicted octanol–water partition coefficient (Wildman–Crippen LogP) is 13.1. The molecule has 0 aromatic heterocycles. The lowest BCUT2D eigenvalue weighted by atomic mass is 9.75. The second-order valence-electron chi connectivity index (χ2n) is 13.6. The van der Waals surface area contributed by atoms with E-state index in [-0.39, 0.29) is 0 Å². The van der Waals surface area contributed by atoms with Crippen molar-refractivity contribution in [2.75, 3.05) is 0 Å². The molecule has 3 aliphatic carbocycles. The summed E-state index contributed by atoms with van der Waals surface area (Å²) in [6.07, 6.45) is 15.9. The molecular weight excluding hydrogens is 589 g/mol. The van der Waals surface area contributed by atoms with Gasteiger partial charge in [0.05, 0.1) is 0 Å². The maximum Gasteiger partial charge on any atom is 0.0136 e. The molecule has 0 nitrogen and oxygen atoms in total. The Morgan fingerprint density at radius 1 is 0.429 bits per heavy atom. The fraction of sp³-hybridized carbons (Fsp3) is 0.0612. The lowest BCUT2D eigenvalue weighted by Crippen LogP contribution is -2.11. The Hall–Kier alpha value is -5.98. The summed E-state index contributed by atoms with van der Waals surface area (Å²) < 4.78 is 0. The van der Waals surface area contributed by atoms with Crippen LogP contribution in [0, 0.1) is 0 Å². The molecule has 0 N–H and O–H groups in total. The SMILES string of the molecule is C1=Cc2c(ccc3ccccc23)-c2cccc(-c3ccc(-c4ccc(C5=CC=C6C=Cc7c(ccc8ccccc78)C6C5)cc4)cc3)c2C1. The average Bonchev–Trinajstić information content (AvgIpc) is 3.37. The summed E-state index contributed by atoms with van der Waals surface area (Å²) >= 11 is 0. The highest BCUT2D eigenvalue weighted by atomic mass is 14.3. The minimum absolute atomic E-state index is 0.396. The van der Waals surface area contributed by atoms with Crippen LogP contribution in [0.4, 0.5) is 0 Å². The van der Waals surface area contributed by atoms with Crippen molar-refractivity contribution >= 4 is 39.3 Å². The molecule has 0 heteroatoms. The third kappa shape index (κ3) is 4.67. The summed E-state index contributed by atoms with van der Waals surface area (Å²) in [5, 5.41) is 5.26. The van der Waals surface area contributed by atoms with E-state index in [1.807, 2.05) is 0 Å².